The highest BCUT2D eigenvalue weighted by atomic mass is 14.9. The van der Waals surface area contributed by atoms with Crippen molar-refractivity contribution in [1.82, 2.24) is 4.98 Å². The molecule has 2 aromatic carbocycles. The van der Waals surface area contributed by atoms with Gasteiger partial charge in [-0.15, -0.1) is 0 Å². The summed E-state index contributed by atoms with van der Waals surface area (Å²) < 4.78 is 0. The third-order valence-corrected chi connectivity index (χ3v) is 3.26. The molecule has 0 radical (unpaired) electrons. The Morgan fingerprint density at radius 2 is 1.85 bits per heavy atom. The quantitative estimate of drug-likeness (QED) is 0.751. The van der Waals surface area contributed by atoms with E-state index in [0.717, 1.165) is 27.8 Å². The summed E-state index contributed by atoms with van der Waals surface area (Å²) in [7, 11) is 0. The van der Waals surface area contributed by atoms with Crippen LogP contribution in [-0.4, -0.2) is 4.98 Å². The van der Waals surface area contributed by atoms with Crippen LogP contribution in [0.25, 0.3) is 10.9 Å². The summed E-state index contributed by atoms with van der Waals surface area (Å²) in [5.74, 6) is 0. The van der Waals surface area contributed by atoms with Gasteiger partial charge in [0.15, 0.2) is 0 Å². The van der Waals surface area contributed by atoms with Crippen LogP contribution >= 0.6 is 0 Å². The number of rotatable bonds is 2. The Bertz CT molecular complexity index is 802. The number of anilines is 2. The number of fused-ring (bicyclic) bond motifs is 1. The number of nitrogens with zero attached hydrogens (tertiary/aromatic N) is 2. The molecule has 0 spiro atoms. The van der Waals surface area contributed by atoms with E-state index in [1.807, 2.05) is 55.5 Å². The standard InChI is InChI=1S/C17H13N3/c1-12-6-5-9-15-16(12)19-11-13(10-18)17(15)20-14-7-3-2-4-8-14/h2-9,11H,1H3,(H,19,20). The summed E-state index contributed by atoms with van der Waals surface area (Å²) >= 11 is 0. The average molecular weight is 259 g/mol. The summed E-state index contributed by atoms with van der Waals surface area (Å²) in [6.45, 7) is 2.02. The Kier molecular flexibility index (Phi) is 3.06. The van der Waals surface area contributed by atoms with Gasteiger partial charge in [-0.1, -0.05) is 36.4 Å². The number of nitrogens with one attached hydrogen (secondary N) is 1. The molecule has 0 aliphatic heterocycles. The lowest BCUT2D eigenvalue weighted by Gasteiger charge is -2.12. The van der Waals surface area contributed by atoms with Crippen molar-refractivity contribution in [3.63, 3.8) is 0 Å². The van der Waals surface area contributed by atoms with Crippen LogP contribution in [0.1, 0.15) is 11.1 Å². The van der Waals surface area contributed by atoms with Crippen molar-refractivity contribution >= 4 is 22.3 Å². The monoisotopic (exact) mass is 259 g/mol. The summed E-state index contributed by atoms with van der Waals surface area (Å²) in [6.07, 6.45) is 1.63. The van der Waals surface area contributed by atoms with Crippen molar-refractivity contribution in [2.45, 2.75) is 6.92 Å². The maximum atomic E-state index is 9.30. The molecule has 0 unspecified atom stereocenters. The molecule has 1 heterocycles. The van der Waals surface area contributed by atoms with Gasteiger partial charge in [-0.3, -0.25) is 4.98 Å². The predicted octanol–water partition coefficient (Wildman–Crippen LogP) is 4.16. The number of pyridine rings is 1. The number of aryl methyl sites for hydroxylation is 1. The SMILES string of the molecule is Cc1cccc2c(Nc3ccccc3)c(C#N)cnc12. The largest absolute Gasteiger partial charge is 0.354 e. The lowest BCUT2D eigenvalue weighted by molar-refractivity contribution is 1.33. The second-order valence-corrected chi connectivity index (χ2v) is 4.62. The Hall–Kier alpha value is -2.86. The summed E-state index contributed by atoms with van der Waals surface area (Å²) in [5, 5.41) is 13.6. The number of para-hydroxylation sites is 2. The maximum absolute atomic E-state index is 9.30. The Morgan fingerprint density at radius 3 is 2.60 bits per heavy atom. The lowest BCUT2D eigenvalue weighted by atomic mass is 10.1. The van der Waals surface area contributed by atoms with Gasteiger partial charge in [0.2, 0.25) is 0 Å². The highest BCUT2D eigenvalue weighted by molar-refractivity contribution is 5.97. The molecule has 0 fully saturated rings. The molecular formula is C17H13N3. The molecule has 3 rings (SSSR count). The fourth-order valence-electron chi connectivity index (χ4n) is 2.26. The second-order valence-electron chi connectivity index (χ2n) is 4.62. The summed E-state index contributed by atoms with van der Waals surface area (Å²) in [5.41, 5.74) is 4.34. The van der Waals surface area contributed by atoms with Gasteiger partial charge in [-0.05, 0) is 24.6 Å². The van der Waals surface area contributed by atoms with Crippen LogP contribution in [0.15, 0.2) is 54.7 Å². The van der Waals surface area contributed by atoms with Crippen LogP contribution in [0.2, 0.25) is 0 Å². The average Bonchev–Trinajstić information content (AvgIpc) is 2.49. The highest BCUT2D eigenvalue weighted by Gasteiger charge is 2.10. The first-order chi connectivity index (χ1) is 9.79. The van der Waals surface area contributed by atoms with Crippen LogP contribution in [0, 0.1) is 18.3 Å². The lowest BCUT2D eigenvalue weighted by Crippen LogP contribution is -1.97. The molecule has 0 bridgehead atoms. The molecule has 3 nitrogen and oxygen atoms in total. The molecule has 0 aliphatic carbocycles. The fourth-order valence-corrected chi connectivity index (χ4v) is 2.26. The zero-order valence-electron chi connectivity index (χ0n) is 11.1. The predicted molar refractivity (Wildman–Crippen MR) is 80.9 cm³/mol. The molecule has 0 saturated heterocycles. The first-order valence-electron chi connectivity index (χ1n) is 6.40. The molecule has 20 heavy (non-hydrogen) atoms. The minimum absolute atomic E-state index is 0.548. The zero-order chi connectivity index (χ0) is 13.9. The minimum atomic E-state index is 0.548. The normalized spacial score (nSPS) is 10.2. The van der Waals surface area contributed by atoms with Crippen LogP contribution < -0.4 is 5.32 Å². The third-order valence-electron chi connectivity index (χ3n) is 3.26. The molecule has 1 aromatic heterocycles. The van der Waals surface area contributed by atoms with E-state index in [2.05, 4.69) is 16.4 Å². The molecule has 0 atom stereocenters. The summed E-state index contributed by atoms with van der Waals surface area (Å²) in [6, 6.07) is 18.0. The van der Waals surface area contributed by atoms with Crippen molar-refractivity contribution in [1.29, 1.82) is 5.26 Å². The minimum Gasteiger partial charge on any atom is -0.354 e. The Morgan fingerprint density at radius 1 is 1.05 bits per heavy atom. The molecule has 96 valence electrons. The van der Waals surface area contributed by atoms with Crippen LogP contribution in [0.5, 0.6) is 0 Å². The van der Waals surface area contributed by atoms with E-state index in [4.69, 9.17) is 0 Å². The summed E-state index contributed by atoms with van der Waals surface area (Å²) in [4.78, 5) is 4.39. The molecule has 3 heteroatoms. The van der Waals surface area contributed by atoms with E-state index in [0.29, 0.717) is 5.56 Å². The molecule has 0 aliphatic rings. The molecule has 1 N–H and O–H groups in total. The first-order valence-corrected chi connectivity index (χ1v) is 6.40. The number of hydrogen-bond donors (Lipinski definition) is 1. The number of hydrogen-bond acceptors (Lipinski definition) is 3. The van der Waals surface area contributed by atoms with E-state index in [9.17, 15) is 5.26 Å². The van der Waals surface area contributed by atoms with Gasteiger partial charge in [0.05, 0.1) is 16.8 Å². The number of nitriles is 1. The van der Waals surface area contributed by atoms with E-state index >= 15 is 0 Å². The van der Waals surface area contributed by atoms with Gasteiger partial charge in [0.25, 0.3) is 0 Å². The Labute approximate surface area is 117 Å². The fraction of sp³-hybridized carbons (Fsp3) is 0.0588. The maximum Gasteiger partial charge on any atom is 0.103 e. The van der Waals surface area contributed by atoms with Gasteiger partial charge in [-0.25, -0.2) is 0 Å². The molecule has 3 aromatic rings. The smallest absolute Gasteiger partial charge is 0.103 e. The van der Waals surface area contributed by atoms with Crippen LogP contribution in [0.4, 0.5) is 11.4 Å². The van der Waals surface area contributed by atoms with Gasteiger partial charge in [0.1, 0.15) is 6.07 Å². The third kappa shape index (κ3) is 2.08. The van der Waals surface area contributed by atoms with Gasteiger partial charge in [0, 0.05) is 17.3 Å². The van der Waals surface area contributed by atoms with Crippen molar-refractivity contribution < 1.29 is 0 Å². The van der Waals surface area contributed by atoms with E-state index in [-0.39, 0.29) is 0 Å². The first kappa shape index (κ1) is 12.2. The molecule has 0 saturated carbocycles. The van der Waals surface area contributed by atoms with Gasteiger partial charge in [-0.2, -0.15) is 5.26 Å². The van der Waals surface area contributed by atoms with Crippen molar-refractivity contribution in [2.75, 3.05) is 5.32 Å². The molecular weight excluding hydrogens is 246 g/mol. The van der Waals surface area contributed by atoms with Gasteiger partial charge >= 0.3 is 0 Å². The van der Waals surface area contributed by atoms with E-state index in [1.54, 1.807) is 6.20 Å². The highest BCUT2D eigenvalue weighted by Crippen LogP contribution is 2.29. The molecule has 0 amide bonds. The van der Waals surface area contributed by atoms with E-state index < -0.39 is 0 Å². The zero-order valence-corrected chi connectivity index (χ0v) is 11.1. The van der Waals surface area contributed by atoms with Crippen molar-refractivity contribution in [2.24, 2.45) is 0 Å². The topological polar surface area (TPSA) is 48.7 Å². The Balaban J connectivity index is 2.22. The van der Waals surface area contributed by atoms with Crippen molar-refractivity contribution in [3.8, 4) is 6.07 Å². The second kappa shape index (κ2) is 5.02. The number of benzene rings is 2. The van der Waals surface area contributed by atoms with Gasteiger partial charge < -0.3 is 5.32 Å². The number of aromatic nitrogens is 1. The van der Waals surface area contributed by atoms with E-state index in [1.165, 1.54) is 0 Å². The van der Waals surface area contributed by atoms with Crippen molar-refractivity contribution in [3.05, 3.63) is 65.9 Å². The van der Waals surface area contributed by atoms with Crippen LogP contribution in [0.3, 0.4) is 0 Å². The van der Waals surface area contributed by atoms with Crippen LogP contribution in [-0.2, 0) is 0 Å².